The van der Waals surface area contributed by atoms with Crippen LogP contribution in [0.25, 0.3) is 0 Å². The Kier molecular flexibility index (Phi) is 6.86. The lowest BCUT2D eigenvalue weighted by molar-refractivity contribution is -0.141. The van der Waals surface area contributed by atoms with E-state index in [4.69, 9.17) is 9.47 Å². The SMILES string of the molecule is CCOC(=O)CNC(=O)N(CC(=O)N1CCn2cccc2C1c1cccc(OC)c1)C1CC1. The quantitative estimate of drug-likeness (QED) is 0.617. The summed E-state index contributed by atoms with van der Waals surface area (Å²) in [5.41, 5.74) is 1.97. The van der Waals surface area contributed by atoms with Gasteiger partial charge in [-0.1, -0.05) is 12.1 Å². The van der Waals surface area contributed by atoms with E-state index in [9.17, 15) is 14.4 Å². The first-order valence-electron chi connectivity index (χ1n) is 11.3. The van der Waals surface area contributed by atoms with Gasteiger partial charge in [0.25, 0.3) is 0 Å². The van der Waals surface area contributed by atoms with Crippen LogP contribution in [-0.4, -0.2) is 71.7 Å². The Labute approximate surface area is 193 Å². The third-order valence-electron chi connectivity index (χ3n) is 6.01. The van der Waals surface area contributed by atoms with Crippen molar-refractivity contribution >= 4 is 17.9 Å². The van der Waals surface area contributed by atoms with Gasteiger partial charge in [-0.3, -0.25) is 9.59 Å². The first kappa shape index (κ1) is 22.7. The van der Waals surface area contributed by atoms with Crippen molar-refractivity contribution in [2.24, 2.45) is 0 Å². The molecule has 1 aliphatic carbocycles. The van der Waals surface area contributed by atoms with E-state index in [2.05, 4.69) is 9.88 Å². The van der Waals surface area contributed by atoms with Crippen molar-refractivity contribution in [1.82, 2.24) is 19.7 Å². The average molecular weight is 455 g/mol. The second-order valence-electron chi connectivity index (χ2n) is 8.22. The monoisotopic (exact) mass is 454 g/mol. The molecule has 2 aliphatic rings. The molecule has 0 saturated heterocycles. The van der Waals surface area contributed by atoms with Crippen molar-refractivity contribution in [2.75, 3.05) is 33.4 Å². The molecule has 176 valence electrons. The highest BCUT2D eigenvalue weighted by atomic mass is 16.5. The minimum atomic E-state index is -0.497. The molecule has 1 aliphatic heterocycles. The van der Waals surface area contributed by atoms with Crippen LogP contribution in [-0.2, 0) is 20.9 Å². The maximum absolute atomic E-state index is 13.5. The van der Waals surface area contributed by atoms with Gasteiger partial charge in [0.1, 0.15) is 18.8 Å². The molecular formula is C24H30N4O5. The normalized spacial score (nSPS) is 17.2. The second kappa shape index (κ2) is 9.97. The van der Waals surface area contributed by atoms with Crippen LogP contribution in [0.4, 0.5) is 4.79 Å². The fourth-order valence-electron chi connectivity index (χ4n) is 4.27. The number of nitrogens with one attached hydrogen (secondary N) is 1. The molecule has 0 radical (unpaired) electrons. The zero-order chi connectivity index (χ0) is 23.4. The average Bonchev–Trinajstić information content (AvgIpc) is 3.56. The van der Waals surface area contributed by atoms with Crippen LogP contribution in [0.2, 0.25) is 0 Å². The number of ether oxygens (including phenoxy) is 2. The first-order valence-corrected chi connectivity index (χ1v) is 11.3. The van der Waals surface area contributed by atoms with Crippen LogP contribution < -0.4 is 10.1 Å². The van der Waals surface area contributed by atoms with Gasteiger partial charge in [-0.2, -0.15) is 0 Å². The zero-order valence-electron chi connectivity index (χ0n) is 19.0. The lowest BCUT2D eigenvalue weighted by atomic mass is 9.99. The van der Waals surface area contributed by atoms with Gasteiger partial charge >= 0.3 is 12.0 Å². The molecule has 9 nitrogen and oxygen atoms in total. The van der Waals surface area contributed by atoms with Crippen LogP contribution in [0.15, 0.2) is 42.6 Å². The molecule has 2 heterocycles. The highest BCUT2D eigenvalue weighted by Gasteiger charge is 2.38. The molecule has 9 heteroatoms. The lowest BCUT2D eigenvalue weighted by Gasteiger charge is -2.38. The molecule has 0 bridgehead atoms. The predicted molar refractivity (Wildman–Crippen MR) is 121 cm³/mol. The Hall–Kier alpha value is -3.49. The van der Waals surface area contributed by atoms with Gasteiger partial charge in [-0.15, -0.1) is 0 Å². The number of urea groups is 1. The lowest BCUT2D eigenvalue weighted by Crippen LogP contribution is -2.51. The van der Waals surface area contributed by atoms with Gasteiger partial charge in [-0.25, -0.2) is 4.79 Å². The van der Waals surface area contributed by atoms with Crippen LogP contribution in [0.1, 0.15) is 37.1 Å². The Bertz CT molecular complexity index is 1020. The second-order valence-corrected chi connectivity index (χ2v) is 8.22. The number of hydrogen-bond donors (Lipinski definition) is 1. The van der Waals surface area contributed by atoms with E-state index in [0.717, 1.165) is 29.8 Å². The highest BCUT2D eigenvalue weighted by molar-refractivity contribution is 5.87. The Morgan fingerprint density at radius 2 is 1.97 bits per heavy atom. The molecule has 1 atom stereocenters. The van der Waals surface area contributed by atoms with Crippen molar-refractivity contribution in [2.45, 2.75) is 38.4 Å². The van der Waals surface area contributed by atoms with E-state index in [1.807, 2.05) is 47.5 Å². The topological polar surface area (TPSA) is 93.1 Å². The molecule has 1 aromatic heterocycles. The fraction of sp³-hybridized carbons (Fsp3) is 0.458. The number of aromatic nitrogens is 1. The summed E-state index contributed by atoms with van der Waals surface area (Å²) in [5, 5.41) is 2.59. The van der Waals surface area contributed by atoms with Gasteiger partial charge in [-0.05, 0) is 49.6 Å². The van der Waals surface area contributed by atoms with Crippen molar-refractivity contribution in [1.29, 1.82) is 0 Å². The van der Waals surface area contributed by atoms with E-state index >= 15 is 0 Å². The van der Waals surface area contributed by atoms with Gasteiger partial charge in [0.15, 0.2) is 0 Å². The molecule has 2 aromatic rings. The fourth-order valence-corrected chi connectivity index (χ4v) is 4.27. The summed E-state index contributed by atoms with van der Waals surface area (Å²) in [7, 11) is 1.62. The standard InChI is InChI=1S/C24H30N4O5/c1-3-33-22(30)15-25-24(31)28(18-9-10-18)16-21(29)27-13-12-26-11-5-8-20(26)23(27)17-6-4-7-19(14-17)32-2/h4-8,11,14,18,23H,3,9-10,12-13,15-16H2,1-2H3,(H,25,31). The van der Waals surface area contributed by atoms with Crippen LogP contribution in [0.3, 0.4) is 0 Å². The minimum absolute atomic E-state index is 0.0140. The molecule has 3 amide bonds. The van der Waals surface area contributed by atoms with E-state index in [0.29, 0.717) is 13.1 Å². The summed E-state index contributed by atoms with van der Waals surface area (Å²) in [6.07, 6.45) is 3.72. The van der Waals surface area contributed by atoms with Crippen LogP contribution >= 0.6 is 0 Å². The summed E-state index contributed by atoms with van der Waals surface area (Å²) >= 11 is 0. The maximum atomic E-state index is 13.5. The van der Waals surface area contributed by atoms with Crippen molar-refractivity contribution in [3.63, 3.8) is 0 Å². The molecule has 1 fully saturated rings. The van der Waals surface area contributed by atoms with Crippen LogP contribution in [0.5, 0.6) is 5.75 Å². The Morgan fingerprint density at radius 3 is 2.70 bits per heavy atom. The zero-order valence-corrected chi connectivity index (χ0v) is 19.0. The summed E-state index contributed by atoms with van der Waals surface area (Å²) in [5.74, 6) is 0.0952. The minimum Gasteiger partial charge on any atom is -0.497 e. The van der Waals surface area contributed by atoms with E-state index in [1.54, 1.807) is 14.0 Å². The third-order valence-corrected chi connectivity index (χ3v) is 6.01. The van der Waals surface area contributed by atoms with Gasteiger partial charge < -0.3 is 29.2 Å². The number of carbonyl (C=O) groups is 3. The summed E-state index contributed by atoms with van der Waals surface area (Å²) in [4.78, 5) is 41.3. The van der Waals surface area contributed by atoms with Gasteiger partial charge in [0, 0.05) is 31.0 Å². The number of benzene rings is 1. The Balaban J connectivity index is 1.52. The van der Waals surface area contributed by atoms with Crippen LogP contribution in [0, 0.1) is 0 Å². The van der Waals surface area contributed by atoms with E-state index < -0.39 is 12.0 Å². The van der Waals surface area contributed by atoms with Crippen molar-refractivity contribution in [3.05, 3.63) is 53.9 Å². The van der Waals surface area contributed by atoms with Gasteiger partial charge in [0.2, 0.25) is 5.91 Å². The number of esters is 1. The molecule has 1 saturated carbocycles. The summed E-state index contributed by atoms with van der Waals surface area (Å²) in [6.45, 7) is 2.93. The van der Waals surface area contributed by atoms with E-state index in [-0.39, 0.29) is 37.7 Å². The summed E-state index contributed by atoms with van der Waals surface area (Å²) < 4.78 is 12.4. The molecule has 1 N–H and O–H groups in total. The smallest absolute Gasteiger partial charge is 0.325 e. The molecule has 0 spiro atoms. The maximum Gasteiger partial charge on any atom is 0.325 e. The number of hydrogen-bond acceptors (Lipinski definition) is 5. The third kappa shape index (κ3) is 5.13. The van der Waals surface area contributed by atoms with Crippen molar-refractivity contribution in [3.8, 4) is 5.75 Å². The number of amides is 3. The Morgan fingerprint density at radius 1 is 1.15 bits per heavy atom. The molecule has 33 heavy (non-hydrogen) atoms. The van der Waals surface area contributed by atoms with E-state index in [1.165, 1.54) is 4.90 Å². The molecule has 4 rings (SSSR count). The highest BCUT2D eigenvalue weighted by Crippen LogP contribution is 2.34. The number of carbonyl (C=O) groups excluding carboxylic acids is 3. The predicted octanol–water partition coefficient (Wildman–Crippen LogP) is 2.17. The summed E-state index contributed by atoms with van der Waals surface area (Å²) in [6, 6.07) is 11.0. The number of fused-ring (bicyclic) bond motifs is 1. The number of nitrogens with zero attached hydrogens (tertiary/aromatic N) is 3. The largest absolute Gasteiger partial charge is 0.497 e. The van der Waals surface area contributed by atoms with Crippen molar-refractivity contribution < 1.29 is 23.9 Å². The first-order chi connectivity index (χ1) is 16.0. The number of rotatable bonds is 8. The number of methoxy groups -OCH3 is 1. The molecule has 1 unspecified atom stereocenters. The molecular weight excluding hydrogens is 424 g/mol. The van der Waals surface area contributed by atoms with Gasteiger partial charge in [0.05, 0.1) is 19.8 Å². The molecule has 1 aromatic carbocycles.